The monoisotopic (exact) mass is 542 g/mol. The molecule has 1 aliphatic carbocycles. The van der Waals surface area contributed by atoms with E-state index in [1.54, 1.807) is 0 Å². The van der Waals surface area contributed by atoms with Crippen LogP contribution in [0.5, 0.6) is 0 Å². The van der Waals surface area contributed by atoms with Crippen molar-refractivity contribution in [3.05, 3.63) is 60.7 Å². The lowest BCUT2D eigenvalue weighted by Crippen LogP contribution is -2.19. The zero-order valence-electron chi connectivity index (χ0n) is 13.0. The Balaban J connectivity index is 1.78. The Hall–Kier alpha value is -1.14. The largest absolute Gasteiger partial charge is 0.322 e. The number of anilines is 1. The average molecular weight is 542 g/mol. The summed E-state index contributed by atoms with van der Waals surface area (Å²) in [5, 5.41) is 12.5. The van der Waals surface area contributed by atoms with Gasteiger partial charge in [0.2, 0.25) is 0 Å². The first-order valence-corrected chi connectivity index (χ1v) is 9.98. The fraction of sp³-hybridized carbons (Fsp3) is 0.263. The van der Waals surface area contributed by atoms with Gasteiger partial charge in [0.15, 0.2) is 0 Å². The molecular weight excluding hydrogens is 526 g/mol. The van der Waals surface area contributed by atoms with Gasteiger partial charge in [-0.05, 0) is 93.9 Å². The summed E-state index contributed by atoms with van der Waals surface area (Å²) in [6, 6.07) is 16.1. The summed E-state index contributed by atoms with van der Waals surface area (Å²) in [6.45, 7) is 0. The Morgan fingerprint density at radius 3 is 2.38 bits per heavy atom. The van der Waals surface area contributed by atoms with Crippen molar-refractivity contribution in [2.24, 2.45) is 0 Å². The van der Waals surface area contributed by atoms with Crippen molar-refractivity contribution in [2.75, 3.05) is 5.32 Å². The second-order valence-electron chi connectivity index (χ2n) is 6.06. The minimum atomic E-state index is -0.340. The van der Waals surface area contributed by atoms with E-state index in [9.17, 15) is 10.1 Å². The van der Waals surface area contributed by atoms with Crippen LogP contribution in [-0.2, 0) is 5.41 Å². The summed E-state index contributed by atoms with van der Waals surface area (Å²) >= 11 is 4.38. The quantitative estimate of drug-likeness (QED) is 0.523. The number of nitriles is 1. The van der Waals surface area contributed by atoms with Gasteiger partial charge >= 0.3 is 0 Å². The molecule has 1 N–H and O–H groups in total. The van der Waals surface area contributed by atoms with Gasteiger partial charge in [0, 0.05) is 12.8 Å². The number of rotatable bonds is 3. The molecule has 0 radical (unpaired) electrons. The van der Waals surface area contributed by atoms with E-state index in [1.165, 1.54) is 0 Å². The second-order valence-corrected chi connectivity index (χ2v) is 8.46. The van der Waals surface area contributed by atoms with E-state index in [-0.39, 0.29) is 11.3 Å². The lowest BCUT2D eigenvalue weighted by atomic mass is 9.80. The van der Waals surface area contributed by atoms with E-state index in [0.717, 1.165) is 44.1 Å². The summed E-state index contributed by atoms with van der Waals surface area (Å²) in [5.74, 6) is -0.110. The van der Waals surface area contributed by atoms with Crippen molar-refractivity contribution in [1.82, 2.24) is 0 Å². The van der Waals surface area contributed by atoms with E-state index in [2.05, 4.69) is 56.6 Å². The van der Waals surface area contributed by atoms with Crippen LogP contribution in [0.25, 0.3) is 0 Å². The predicted molar refractivity (Wildman–Crippen MR) is 112 cm³/mol. The molecule has 0 atom stereocenters. The van der Waals surface area contributed by atoms with Gasteiger partial charge in [-0.2, -0.15) is 5.26 Å². The Morgan fingerprint density at radius 1 is 1.08 bits per heavy atom. The smallest absolute Gasteiger partial charge is 0.256 e. The number of halogens is 2. The highest BCUT2D eigenvalue weighted by Crippen LogP contribution is 2.40. The van der Waals surface area contributed by atoms with Crippen LogP contribution in [-0.4, -0.2) is 5.91 Å². The van der Waals surface area contributed by atoms with Gasteiger partial charge in [-0.3, -0.25) is 4.79 Å². The Bertz CT molecular complexity index is 803. The molecule has 3 nitrogen and oxygen atoms in total. The van der Waals surface area contributed by atoms with Crippen LogP contribution in [0.3, 0.4) is 0 Å². The normalized spacial score (nSPS) is 15.7. The van der Waals surface area contributed by atoms with Gasteiger partial charge in [-0.25, -0.2) is 0 Å². The van der Waals surface area contributed by atoms with Crippen LogP contribution in [0.4, 0.5) is 5.69 Å². The molecular formula is C19H16I2N2O. The maximum absolute atomic E-state index is 12.5. The first kappa shape index (κ1) is 17.7. The lowest BCUT2D eigenvalue weighted by Gasteiger charge is -2.21. The third kappa shape index (κ3) is 3.59. The summed E-state index contributed by atoms with van der Waals surface area (Å²) in [7, 11) is 0. The van der Waals surface area contributed by atoms with E-state index in [0.29, 0.717) is 5.56 Å². The van der Waals surface area contributed by atoms with Gasteiger partial charge in [-0.1, -0.05) is 25.0 Å². The van der Waals surface area contributed by atoms with Crippen LogP contribution in [0.1, 0.15) is 41.6 Å². The molecule has 0 spiro atoms. The molecule has 1 fully saturated rings. The molecule has 5 heteroatoms. The number of hydrogen-bond donors (Lipinski definition) is 1. The number of carbonyl (C=O) groups is 1. The molecule has 0 aliphatic heterocycles. The zero-order chi connectivity index (χ0) is 17.2. The Labute approximate surface area is 169 Å². The number of carbonyl (C=O) groups excluding carboxylic acids is 1. The Kier molecular flexibility index (Phi) is 5.45. The minimum absolute atomic E-state index is 0.110. The molecule has 0 bridgehead atoms. The third-order valence-electron chi connectivity index (χ3n) is 4.54. The van der Waals surface area contributed by atoms with Gasteiger partial charge in [-0.15, -0.1) is 0 Å². The van der Waals surface area contributed by atoms with Crippen molar-refractivity contribution in [1.29, 1.82) is 5.26 Å². The van der Waals surface area contributed by atoms with Crippen molar-refractivity contribution < 1.29 is 4.79 Å². The van der Waals surface area contributed by atoms with Crippen LogP contribution in [0, 0.1) is 18.5 Å². The molecule has 122 valence electrons. The van der Waals surface area contributed by atoms with Crippen LogP contribution >= 0.6 is 45.2 Å². The van der Waals surface area contributed by atoms with Crippen molar-refractivity contribution >= 4 is 56.8 Å². The molecule has 0 unspecified atom stereocenters. The second kappa shape index (κ2) is 7.40. The van der Waals surface area contributed by atoms with Crippen LogP contribution in [0.15, 0.2) is 42.5 Å². The van der Waals surface area contributed by atoms with E-state index < -0.39 is 0 Å². The fourth-order valence-corrected chi connectivity index (χ4v) is 4.26. The maximum Gasteiger partial charge on any atom is 0.256 e. The predicted octanol–water partition coefficient (Wildman–Crippen LogP) is 5.48. The highest BCUT2D eigenvalue weighted by atomic mass is 127. The van der Waals surface area contributed by atoms with Crippen molar-refractivity contribution in [3.63, 3.8) is 0 Å². The average Bonchev–Trinajstić information content (AvgIpc) is 3.08. The first-order chi connectivity index (χ1) is 11.5. The van der Waals surface area contributed by atoms with Crippen molar-refractivity contribution in [2.45, 2.75) is 31.1 Å². The number of nitrogens with one attached hydrogen (secondary N) is 1. The molecule has 0 heterocycles. The summed E-state index contributed by atoms with van der Waals surface area (Å²) < 4.78 is 1.96. The zero-order valence-corrected chi connectivity index (χ0v) is 17.3. The SMILES string of the molecule is N#CC1(c2ccc(NC(=O)c3cc(I)ccc3I)cc2)CCCC1. The number of amides is 1. The maximum atomic E-state index is 12.5. The molecule has 0 aromatic heterocycles. The number of benzene rings is 2. The highest BCUT2D eigenvalue weighted by Gasteiger charge is 2.35. The van der Waals surface area contributed by atoms with Gasteiger partial charge < -0.3 is 5.32 Å². The van der Waals surface area contributed by atoms with Crippen molar-refractivity contribution in [3.8, 4) is 6.07 Å². The van der Waals surface area contributed by atoms with E-state index in [1.807, 2.05) is 42.5 Å². The first-order valence-electron chi connectivity index (χ1n) is 7.82. The lowest BCUT2D eigenvalue weighted by molar-refractivity contribution is 0.102. The third-order valence-corrected chi connectivity index (χ3v) is 6.15. The standard InChI is InChI=1S/C19H16I2N2O/c20-14-5-8-17(21)16(11-14)18(24)23-15-6-3-13(4-7-15)19(12-22)9-1-2-10-19/h3-8,11H,1-2,9-10H2,(H,23,24). The minimum Gasteiger partial charge on any atom is -0.322 e. The highest BCUT2D eigenvalue weighted by molar-refractivity contribution is 14.1. The summed E-state index contributed by atoms with van der Waals surface area (Å²) in [5.41, 5.74) is 2.15. The molecule has 1 aliphatic rings. The van der Waals surface area contributed by atoms with Crippen LogP contribution < -0.4 is 5.32 Å². The summed E-state index contributed by atoms with van der Waals surface area (Å²) in [4.78, 5) is 12.5. The molecule has 2 aromatic rings. The van der Waals surface area contributed by atoms with E-state index in [4.69, 9.17) is 0 Å². The van der Waals surface area contributed by atoms with Gasteiger partial charge in [0.1, 0.15) is 0 Å². The molecule has 0 saturated heterocycles. The van der Waals surface area contributed by atoms with Crippen LogP contribution in [0.2, 0.25) is 0 Å². The van der Waals surface area contributed by atoms with Gasteiger partial charge in [0.25, 0.3) is 5.91 Å². The molecule has 3 rings (SSSR count). The topological polar surface area (TPSA) is 52.9 Å². The molecule has 1 saturated carbocycles. The number of hydrogen-bond acceptors (Lipinski definition) is 2. The molecule has 1 amide bonds. The number of nitrogens with zero attached hydrogens (tertiary/aromatic N) is 1. The van der Waals surface area contributed by atoms with Gasteiger partial charge in [0.05, 0.1) is 17.0 Å². The van der Waals surface area contributed by atoms with E-state index >= 15 is 0 Å². The fourth-order valence-electron chi connectivity index (χ4n) is 3.19. The summed E-state index contributed by atoms with van der Waals surface area (Å²) in [6.07, 6.45) is 4.07. The molecule has 24 heavy (non-hydrogen) atoms. The Morgan fingerprint density at radius 2 is 1.75 bits per heavy atom. The molecule has 2 aromatic carbocycles.